The van der Waals surface area contributed by atoms with Crippen molar-refractivity contribution in [2.45, 2.75) is 32.7 Å². The van der Waals surface area contributed by atoms with E-state index in [-0.39, 0.29) is 12.8 Å². The van der Waals surface area contributed by atoms with Crippen LogP contribution < -0.4 is 5.32 Å². The van der Waals surface area contributed by atoms with Crippen molar-refractivity contribution in [3.8, 4) is 0 Å². The minimum Gasteiger partial charge on any atom is -0.299 e. The van der Waals surface area contributed by atoms with Crippen LogP contribution in [-0.2, 0) is 4.84 Å². The molecule has 0 fully saturated rings. The maximum Gasteiger partial charge on any atom is 0.295 e. The number of nitrogens with one attached hydrogen (secondary N) is 1. The normalized spacial score (nSPS) is 12.5. The van der Waals surface area contributed by atoms with Crippen molar-refractivity contribution in [2.24, 2.45) is 0 Å². The first kappa shape index (κ1) is 10.2. The maximum atomic E-state index is 9.68. The van der Waals surface area contributed by atoms with Crippen LogP contribution in [0.5, 0.6) is 0 Å². The Morgan fingerprint density at radius 3 is 2.82 bits per heavy atom. The Hall–Kier alpha value is -0.840. The van der Waals surface area contributed by atoms with Crippen LogP contribution >= 0.6 is 0 Å². The predicted octanol–water partition coefficient (Wildman–Crippen LogP) is 0.930. The molecular weight excluding hydrogens is 148 g/mol. The summed E-state index contributed by atoms with van der Waals surface area (Å²) in [5.41, 5.74) is 0. The monoisotopic (exact) mass is 162 g/mol. The Balaban J connectivity index is 3.16. The van der Waals surface area contributed by atoms with Gasteiger partial charge in [-0.2, -0.15) is 0 Å². The van der Waals surface area contributed by atoms with Crippen molar-refractivity contribution in [2.75, 3.05) is 6.73 Å². The van der Waals surface area contributed by atoms with E-state index in [2.05, 4.69) is 17.1 Å². The van der Waals surface area contributed by atoms with Gasteiger partial charge in [-0.3, -0.25) is 10.2 Å². The van der Waals surface area contributed by atoms with Gasteiger partial charge in [-0.25, -0.2) is 0 Å². The average molecular weight is 162 g/mol. The number of hydrogen-bond acceptors (Lipinski definition) is 4. The van der Waals surface area contributed by atoms with Crippen LogP contribution in [0.1, 0.15) is 26.7 Å². The lowest BCUT2D eigenvalue weighted by molar-refractivity contribution is -0.759. The fraction of sp³-hybridized carbons (Fsp3) is 1.00. The minimum atomic E-state index is -0.800. The van der Waals surface area contributed by atoms with Crippen LogP contribution in [0.4, 0.5) is 0 Å². The second-order valence-electron chi connectivity index (χ2n) is 2.39. The van der Waals surface area contributed by atoms with Crippen molar-refractivity contribution >= 4 is 0 Å². The molecule has 0 aliphatic rings. The lowest BCUT2D eigenvalue weighted by Gasteiger charge is -2.10. The summed E-state index contributed by atoms with van der Waals surface area (Å²) in [5.74, 6) is 0. The molecule has 0 bridgehead atoms. The maximum absolute atomic E-state index is 9.68. The van der Waals surface area contributed by atoms with E-state index in [1.54, 1.807) is 0 Å². The Morgan fingerprint density at radius 2 is 2.36 bits per heavy atom. The van der Waals surface area contributed by atoms with Gasteiger partial charge in [-0.1, -0.05) is 13.3 Å². The van der Waals surface area contributed by atoms with E-state index >= 15 is 0 Å². The Morgan fingerprint density at radius 1 is 1.73 bits per heavy atom. The van der Waals surface area contributed by atoms with Crippen LogP contribution in [0.3, 0.4) is 0 Å². The molecule has 0 aromatic heterocycles. The molecule has 0 aliphatic carbocycles. The molecule has 0 radical (unpaired) electrons. The molecule has 0 saturated carbocycles. The molecular formula is C6H14N2O3. The molecule has 5 heteroatoms. The highest BCUT2D eigenvalue weighted by Gasteiger charge is 1.99. The van der Waals surface area contributed by atoms with Crippen molar-refractivity contribution in [3.05, 3.63) is 10.1 Å². The molecule has 0 heterocycles. The van der Waals surface area contributed by atoms with E-state index in [0.29, 0.717) is 0 Å². The molecule has 11 heavy (non-hydrogen) atoms. The molecule has 0 spiro atoms. The van der Waals surface area contributed by atoms with E-state index in [9.17, 15) is 10.1 Å². The highest BCUT2D eigenvalue weighted by Crippen LogP contribution is 1.93. The van der Waals surface area contributed by atoms with Gasteiger partial charge in [-0.05, 0) is 13.3 Å². The first-order chi connectivity index (χ1) is 5.16. The lowest BCUT2D eigenvalue weighted by atomic mass is 10.2. The van der Waals surface area contributed by atoms with Gasteiger partial charge in [0, 0.05) is 6.04 Å². The summed E-state index contributed by atoms with van der Waals surface area (Å²) in [6.45, 7) is 4.01. The summed E-state index contributed by atoms with van der Waals surface area (Å²) in [6, 6.07) is 0.278. The second kappa shape index (κ2) is 5.91. The van der Waals surface area contributed by atoms with E-state index in [0.717, 1.165) is 12.8 Å². The highest BCUT2D eigenvalue weighted by molar-refractivity contribution is 4.54. The van der Waals surface area contributed by atoms with E-state index in [1.807, 2.05) is 6.92 Å². The quantitative estimate of drug-likeness (QED) is 0.358. The van der Waals surface area contributed by atoms with Crippen LogP contribution in [0.25, 0.3) is 0 Å². The largest absolute Gasteiger partial charge is 0.299 e. The van der Waals surface area contributed by atoms with Crippen LogP contribution in [0, 0.1) is 10.1 Å². The average Bonchev–Trinajstić information content (AvgIpc) is 1.87. The van der Waals surface area contributed by atoms with Gasteiger partial charge in [0.1, 0.15) is 6.73 Å². The van der Waals surface area contributed by atoms with Crippen LogP contribution in [0.15, 0.2) is 0 Å². The van der Waals surface area contributed by atoms with Gasteiger partial charge >= 0.3 is 0 Å². The molecule has 66 valence electrons. The van der Waals surface area contributed by atoms with Crippen molar-refractivity contribution in [1.29, 1.82) is 0 Å². The first-order valence-corrected chi connectivity index (χ1v) is 3.67. The third kappa shape index (κ3) is 7.05. The molecule has 5 nitrogen and oxygen atoms in total. The van der Waals surface area contributed by atoms with E-state index < -0.39 is 5.09 Å². The zero-order chi connectivity index (χ0) is 8.69. The van der Waals surface area contributed by atoms with Gasteiger partial charge in [0.25, 0.3) is 5.09 Å². The van der Waals surface area contributed by atoms with Crippen LogP contribution in [-0.4, -0.2) is 17.9 Å². The summed E-state index contributed by atoms with van der Waals surface area (Å²) in [7, 11) is 0. The Bertz CT molecular complexity index is 118. The summed E-state index contributed by atoms with van der Waals surface area (Å²) in [4.78, 5) is 13.8. The molecule has 0 aliphatic heterocycles. The van der Waals surface area contributed by atoms with Gasteiger partial charge in [-0.15, -0.1) is 10.1 Å². The standard InChI is InChI=1S/C6H14N2O3/c1-3-4-6(2)7-5-11-8(9)10/h6-7H,3-5H2,1-2H3. The smallest absolute Gasteiger partial charge is 0.295 e. The van der Waals surface area contributed by atoms with E-state index in [1.165, 1.54) is 0 Å². The van der Waals surface area contributed by atoms with Crippen molar-refractivity contribution < 1.29 is 9.92 Å². The molecule has 1 atom stereocenters. The zero-order valence-corrected chi connectivity index (χ0v) is 6.87. The van der Waals surface area contributed by atoms with Gasteiger partial charge in [0.2, 0.25) is 0 Å². The number of hydrogen-bond donors (Lipinski definition) is 1. The second-order valence-corrected chi connectivity index (χ2v) is 2.39. The molecule has 0 saturated heterocycles. The summed E-state index contributed by atoms with van der Waals surface area (Å²) < 4.78 is 0. The first-order valence-electron chi connectivity index (χ1n) is 3.67. The van der Waals surface area contributed by atoms with Crippen molar-refractivity contribution in [1.82, 2.24) is 5.32 Å². The molecule has 1 unspecified atom stereocenters. The topological polar surface area (TPSA) is 64.4 Å². The SMILES string of the molecule is CCCC(C)NCO[N+](=O)[O-]. The summed E-state index contributed by atoms with van der Waals surface area (Å²) in [6.07, 6.45) is 2.06. The molecule has 0 aromatic carbocycles. The predicted molar refractivity (Wildman–Crippen MR) is 40.5 cm³/mol. The summed E-state index contributed by atoms with van der Waals surface area (Å²) in [5, 5.41) is 11.7. The highest BCUT2D eigenvalue weighted by atomic mass is 17.0. The molecule has 1 N–H and O–H groups in total. The van der Waals surface area contributed by atoms with Gasteiger partial charge < -0.3 is 0 Å². The fourth-order valence-corrected chi connectivity index (χ4v) is 0.767. The number of rotatable bonds is 6. The van der Waals surface area contributed by atoms with Crippen LogP contribution in [0.2, 0.25) is 0 Å². The third-order valence-electron chi connectivity index (χ3n) is 1.32. The van der Waals surface area contributed by atoms with Crippen molar-refractivity contribution in [3.63, 3.8) is 0 Å². The Kier molecular flexibility index (Phi) is 5.46. The zero-order valence-electron chi connectivity index (χ0n) is 6.87. The lowest BCUT2D eigenvalue weighted by Crippen LogP contribution is -2.29. The third-order valence-corrected chi connectivity index (χ3v) is 1.32. The summed E-state index contributed by atoms with van der Waals surface area (Å²) >= 11 is 0. The van der Waals surface area contributed by atoms with E-state index in [4.69, 9.17) is 0 Å². The fourth-order valence-electron chi connectivity index (χ4n) is 0.767. The minimum absolute atomic E-state index is 0.0197. The Labute approximate surface area is 65.8 Å². The van der Waals surface area contributed by atoms with Gasteiger partial charge in [0.15, 0.2) is 0 Å². The molecule has 0 amide bonds. The number of nitrogens with zero attached hydrogens (tertiary/aromatic N) is 1. The van der Waals surface area contributed by atoms with Gasteiger partial charge in [0.05, 0.1) is 0 Å². The molecule has 0 rings (SSSR count). The molecule has 0 aromatic rings.